The van der Waals surface area contributed by atoms with E-state index in [4.69, 9.17) is 4.74 Å². The molecule has 0 saturated carbocycles. The number of nitrogens with one attached hydrogen (secondary N) is 2. The van der Waals surface area contributed by atoms with Crippen molar-refractivity contribution < 1.29 is 23.0 Å². The fourth-order valence-corrected chi connectivity index (χ4v) is 3.27. The van der Waals surface area contributed by atoms with Gasteiger partial charge in [0, 0.05) is 5.56 Å². The van der Waals surface area contributed by atoms with Gasteiger partial charge in [0.15, 0.2) is 11.6 Å². The first kappa shape index (κ1) is 21.3. The van der Waals surface area contributed by atoms with Crippen molar-refractivity contribution >= 4 is 5.82 Å². The minimum absolute atomic E-state index is 0.0688. The van der Waals surface area contributed by atoms with E-state index >= 15 is 0 Å². The quantitative estimate of drug-likeness (QED) is 0.648. The van der Waals surface area contributed by atoms with Crippen molar-refractivity contribution in [1.82, 2.24) is 15.3 Å². The average molecular weight is 410 g/mol. The van der Waals surface area contributed by atoms with E-state index in [9.17, 15) is 18.3 Å². The topological polar surface area (TPSA) is 79.3 Å². The fraction of sp³-hybridized carbons (Fsp3) is 0.500. The van der Waals surface area contributed by atoms with Crippen molar-refractivity contribution in [2.45, 2.75) is 44.8 Å². The predicted octanol–water partition coefficient (Wildman–Crippen LogP) is 3.53. The predicted molar refractivity (Wildman–Crippen MR) is 103 cm³/mol. The van der Waals surface area contributed by atoms with E-state index in [1.54, 1.807) is 13.8 Å². The van der Waals surface area contributed by atoms with Crippen molar-refractivity contribution in [3.05, 3.63) is 47.2 Å². The number of ether oxygens (including phenoxy) is 1. The second-order valence-corrected chi connectivity index (χ2v) is 7.31. The highest BCUT2D eigenvalue weighted by molar-refractivity contribution is 5.50. The third-order valence-electron chi connectivity index (χ3n) is 5.02. The van der Waals surface area contributed by atoms with Crippen molar-refractivity contribution in [2.75, 3.05) is 25.0 Å². The van der Waals surface area contributed by atoms with Crippen molar-refractivity contribution in [2.24, 2.45) is 0 Å². The molecular formula is C20H25F3N4O2. The van der Waals surface area contributed by atoms with Crippen LogP contribution in [0.15, 0.2) is 24.4 Å². The second kappa shape index (κ2) is 8.96. The van der Waals surface area contributed by atoms with Crippen molar-refractivity contribution in [3.8, 4) is 5.75 Å². The van der Waals surface area contributed by atoms with Gasteiger partial charge in [-0.05, 0) is 39.8 Å². The molecule has 1 saturated heterocycles. The number of hydrogen-bond donors (Lipinski definition) is 3. The Morgan fingerprint density at radius 1 is 1.28 bits per heavy atom. The van der Waals surface area contributed by atoms with Crippen LogP contribution >= 0.6 is 0 Å². The fourth-order valence-electron chi connectivity index (χ4n) is 3.27. The van der Waals surface area contributed by atoms with Crippen molar-refractivity contribution in [1.29, 1.82) is 0 Å². The van der Waals surface area contributed by atoms with Gasteiger partial charge in [-0.1, -0.05) is 18.2 Å². The normalized spacial score (nSPS) is 17.2. The van der Waals surface area contributed by atoms with E-state index in [2.05, 4.69) is 20.6 Å². The Morgan fingerprint density at radius 2 is 1.97 bits per heavy atom. The Kier molecular flexibility index (Phi) is 6.59. The number of rotatable bonds is 7. The van der Waals surface area contributed by atoms with Crippen LogP contribution in [0.4, 0.5) is 19.0 Å². The van der Waals surface area contributed by atoms with Gasteiger partial charge in [-0.3, -0.25) is 0 Å². The van der Waals surface area contributed by atoms with E-state index in [0.29, 0.717) is 43.3 Å². The number of alkyl halides is 2. The number of benzene rings is 1. The summed E-state index contributed by atoms with van der Waals surface area (Å²) in [6.07, 6.45) is -0.295. The number of nitrogens with zero attached hydrogens (tertiary/aromatic N) is 2. The SMILES string of the molecule is Cc1ncc(OCC2(O)CCNCC2)c(N[C@H](C)c2cccc(C(F)F)c2F)n1. The van der Waals surface area contributed by atoms with E-state index < -0.39 is 29.4 Å². The molecule has 1 fully saturated rings. The Hall–Kier alpha value is -2.39. The Balaban J connectivity index is 1.78. The third kappa shape index (κ3) is 5.16. The molecule has 158 valence electrons. The number of anilines is 1. The molecular weight excluding hydrogens is 385 g/mol. The summed E-state index contributed by atoms with van der Waals surface area (Å²) in [5.74, 6) is 0.137. The molecule has 1 aromatic heterocycles. The Morgan fingerprint density at radius 3 is 2.66 bits per heavy atom. The van der Waals surface area contributed by atoms with Gasteiger partial charge in [0.25, 0.3) is 6.43 Å². The summed E-state index contributed by atoms with van der Waals surface area (Å²) in [6.45, 7) is 4.81. The zero-order chi connectivity index (χ0) is 21.0. The Bertz CT molecular complexity index is 844. The molecule has 3 N–H and O–H groups in total. The van der Waals surface area contributed by atoms with E-state index in [-0.39, 0.29) is 12.2 Å². The van der Waals surface area contributed by atoms with Gasteiger partial charge in [0.05, 0.1) is 17.8 Å². The molecule has 0 unspecified atom stereocenters. The van der Waals surface area contributed by atoms with Crippen LogP contribution in [0.25, 0.3) is 0 Å². The molecule has 6 nitrogen and oxygen atoms in total. The average Bonchev–Trinajstić information content (AvgIpc) is 2.68. The van der Waals surface area contributed by atoms with Crippen LogP contribution in [0, 0.1) is 12.7 Å². The van der Waals surface area contributed by atoms with Crippen LogP contribution in [0.5, 0.6) is 5.75 Å². The third-order valence-corrected chi connectivity index (χ3v) is 5.02. The monoisotopic (exact) mass is 410 g/mol. The molecule has 0 radical (unpaired) electrons. The molecule has 9 heteroatoms. The van der Waals surface area contributed by atoms with Gasteiger partial charge >= 0.3 is 0 Å². The van der Waals surface area contributed by atoms with Gasteiger partial charge in [-0.25, -0.2) is 23.1 Å². The van der Waals surface area contributed by atoms with Crippen LogP contribution in [-0.4, -0.2) is 40.4 Å². The maximum absolute atomic E-state index is 14.5. The highest BCUT2D eigenvalue weighted by Crippen LogP contribution is 2.31. The standard InChI is InChI=1S/C20H25F3N4O2/c1-12(14-4-3-5-15(17(14)21)18(22)23)26-19-16(10-25-13(2)27-19)29-11-20(28)6-8-24-9-7-20/h3-5,10,12,18,24,28H,6-9,11H2,1-2H3,(H,25,26,27)/t12-/m1/s1. The lowest BCUT2D eigenvalue weighted by molar-refractivity contribution is -0.0285. The number of aliphatic hydroxyl groups is 1. The molecule has 29 heavy (non-hydrogen) atoms. The van der Waals surface area contributed by atoms with Gasteiger partial charge in [0.2, 0.25) is 0 Å². The zero-order valence-electron chi connectivity index (χ0n) is 16.4. The van der Waals surface area contributed by atoms with Gasteiger partial charge in [-0.15, -0.1) is 0 Å². The first-order valence-corrected chi connectivity index (χ1v) is 9.51. The molecule has 1 aliphatic rings. The summed E-state index contributed by atoms with van der Waals surface area (Å²) in [7, 11) is 0. The lowest BCUT2D eigenvalue weighted by Crippen LogP contribution is -2.46. The maximum atomic E-state index is 14.5. The molecule has 0 aliphatic carbocycles. The van der Waals surface area contributed by atoms with E-state index in [1.165, 1.54) is 18.3 Å². The number of piperidine rings is 1. The molecule has 0 bridgehead atoms. The van der Waals surface area contributed by atoms with E-state index in [0.717, 1.165) is 6.07 Å². The van der Waals surface area contributed by atoms with Crippen LogP contribution in [0.1, 0.15) is 49.2 Å². The van der Waals surface area contributed by atoms with E-state index in [1.807, 2.05) is 0 Å². The van der Waals surface area contributed by atoms with Crippen molar-refractivity contribution in [3.63, 3.8) is 0 Å². The van der Waals surface area contributed by atoms with Crippen LogP contribution in [0.3, 0.4) is 0 Å². The van der Waals surface area contributed by atoms with Crippen LogP contribution < -0.4 is 15.4 Å². The Labute approximate surface area is 167 Å². The molecule has 0 spiro atoms. The summed E-state index contributed by atoms with van der Waals surface area (Å²) in [4.78, 5) is 8.42. The molecule has 1 aromatic carbocycles. The molecule has 2 aromatic rings. The highest BCUT2D eigenvalue weighted by Gasteiger charge is 2.30. The largest absolute Gasteiger partial charge is 0.485 e. The zero-order valence-corrected chi connectivity index (χ0v) is 16.4. The molecule has 2 heterocycles. The minimum Gasteiger partial charge on any atom is -0.485 e. The minimum atomic E-state index is -2.90. The van der Waals surface area contributed by atoms with Gasteiger partial charge < -0.3 is 20.5 Å². The van der Waals surface area contributed by atoms with Crippen LogP contribution in [0.2, 0.25) is 0 Å². The first-order valence-electron chi connectivity index (χ1n) is 9.51. The van der Waals surface area contributed by atoms with Crippen LogP contribution in [-0.2, 0) is 0 Å². The molecule has 1 atom stereocenters. The lowest BCUT2D eigenvalue weighted by Gasteiger charge is -2.32. The number of halogens is 3. The molecule has 0 amide bonds. The maximum Gasteiger partial charge on any atom is 0.266 e. The van der Waals surface area contributed by atoms with Gasteiger partial charge in [0.1, 0.15) is 23.8 Å². The summed E-state index contributed by atoms with van der Waals surface area (Å²) < 4.78 is 46.3. The molecule has 1 aliphatic heterocycles. The number of aromatic nitrogens is 2. The number of aryl methyl sites for hydroxylation is 1. The number of hydrogen-bond acceptors (Lipinski definition) is 6. The first-order chi connectivity index (χ1) is 13.8. The summed E-state index contributed by atoms with van der Waals surface area (Å²) in [6, 6.07) is 3.27. The highest BCUT2D eigenvalue weighted by atomic mass is 19.3. The summed E-state index contributed by atoms with van der Waals surface area (Å²) >= 11 is 0. The summed E-state index contributed by atoms with van der Waals surface area (Å²) in [5.41, 5.74) is -1.49. The lowest BCUT2D eigenvalue weighted by atomic mass is 9.94. The smallest absolute Gasteiger partial charge is 0.266 e. The molecule has 3 rings (SSSR count). The van der Waals surface area contributed by atoms with Gasteiger partial charge in [-0.2, -0.15) is 0 Å². The summed E-state index contributed by atoms with van der Waals surface area (Å²) in [5, 5.41) is 16.8. The second-order valence-electron chi connectivity index (χ2n) is 7.31.